The molecule has 3 heterocycles. The third-order valence-electron chi connectivity index (χ3n) is 19.3. The van der Waals surface area contributed by atoms with Crippen molar-refractivity contribution in [1.29, 1.82) is 0 Å². The lowest BCUT2D eigenvalue weighted by atomic mass is 9.96. The Kier molecular flexibility index (Phi) is 36.1. The van der Waals surface area contributed by atoms with E-state index in [4.69, 9.17) is 10.8 Å². The first kappa shape index (κ1) is 93.0. The summed E-state index contributed by atoms with van der Waals surface area (Å²) >= 11 is 0. The number of fused-ring (bicyclic) bond motifs is 1. The molecule has 4 aromatic carbocycles. The predicted octanol–water partition coefficient (Wildman–Crippen LogP) is -5.90. The fourth-order valence-electron chi connectivity index (χ4n) is 12.4. The number of carbonyl (C=O) groups excluding carboxylic acids is 17. The van der Waals surface area contributed by atoms with Crippen LogP contribution in [0.25, 0.3) is 10.9 Å². The monoisotopic (exact) mass is 1660 g/mol. The Balaban J connectivity index is 1.13. The van der Waals surface area contributed by atoms with E-state index in [0.29, 0.717) is 39.6 Å². The molecule has 17 amide bonds. The summed E-state index contributed by atoms with van der Waals surface area (Å²) < 4.78 is 0. The van der Waals surface area contributed by atoms with Crippen molar-refractivity contribution in [2.75, 3.05) is 45.9 Å². The highest BCUT2D eigenvalue weighted by molar-refractivity contribution is 6.02. The van der Waals surface area contributed by atoms with E-state index in [1.807, 2.05) is 5.32 Å². The van der Waals surface area contributed by atoms with E-state index in [0.717, 1.165) is 0 Å². The second kappa shape index (κ2) is 46.6. The number of carbonyl (C=O) groups is 18. The molecule has 0 radical (unpaired) electrons. The van der Waals surface area contributed by atoms with Crippen LogP contribution in [0.5, 0.6) is 5.75 Å². The average Bonchev–Trinajstić information content (AvgIpc) is 1.62. The topological polar surface area (TPSA) is 631 Å². The van der Waals surface area contributed by atoms with Gasteiger partial charge in [-0.2, -0.15) is 0 Å². The number of aliphatic hydroxyl groups is 1. The lowest BCUT2D eigenvalue weighted by molar-refractivity contribution is -0.138. The van der Waals surface area contributed by atoms with Crippen molar-refractivity contribution in [2.24, 2.45) is 17.6 Å². The molecule has 0 saturated carbocycles. The molecule has 1 saturated heterocycles. The van der Waals surface area contributed by atoms with Crippen molar-refractivity contribution in [3.05, 3.63) is 156 Å². The van der Waals surface area contributed by atoms with Gasteiger partial charge in [0.05, 0.1) is 58.5 Å². The Hall–Kier alpha value is -14.1. The second-order valence-electron chi connectivity index (χ2n) is 28.4. The number of aromatic nitrogens is 3. The van der Waals surface area contributed by atoms with Gasteiger partial charge in [-0.1, -0.05) is 132 Å². The standard InChI is InChI=1S/C79H100N20O21/c1-5-42(3)68-78(119)88-38-66(108)91-55(28-47-32-82-51-20-14-13-19-50(47)51)71(112)87-37-65(107)93-57(30-60(80)102)75(116)95-58(31-61(103)83-35-63(105)90-53(76(117)98-68)26-45-17-11-8-12-18-45)77(118)99-69(43(4)6-2)79(120)96-52(25-44-15-9-7-10-16-44)70(111)86-36-64(106)92-56(29-48-33-81-41-89-48)74(115)94-54(27-46-21-23-49(101)24-22-46)73(114)97-59(40-100)72(113)85-34-62(104)84-39-67(109)110/h7-24,32-33,41-43,52-59,68-69,82,100-101H,5-6,25-31,34-40H2,1-4H3,(H2,80,102)(H,81,89)(H,83,103)(H,84,104)(H,85,113)(H,86,111)(H,87,112)(H,88,119)(H,90,105)(H,91,108)(H,92,106)(H,93,107)(H,94,115)(H,95,116)(H,96,120)(H,97,114)(H,98,117)(H,99,118)(H,109,110)/t42-,43-,52-,53-,54-,55-,56-,57-,58-,59-,68-,69-/m0/s1. The summed E-state index contributed by atoms with van der Waals surface area (Å²) in [6.07, 6.45) is 1.29. The minimum atomic E-state index is -2.09. The highest BCUT2D eigenvalue weighted by Gasteiger charge is 2.38. The number of aromatic amines is 2. The molecule has 41 heteroatoms. The summed E-state index contributed by atoms with van der Waals surface area (Å²) in [6, 6.07) is 12.4. The number of nitrogens with one attached hydrogen (secondary N) is 18. The van der Waals surface area contributed by atoms with Crippen molar-refractivity contribution < 1.29 is 102 Å². The number of aromatic hydroxyl groups is 1. The molecule has 2 aromatic heterocycles. The molecule has 642 valence electrons. The van der Waals surface area contributed by atoms with Crippen molar-refractivity contribution in [2.45, 2.75) is 146 Å². The number of hydrogen-bond acceptors (Lipinski definition) is 21. The van der Waals surface area contributed by atoms with Gasteiger partial charge in [0.1, 0.15) is 72.7 Å². The maximum atomic E-state index is 15.0. The average molecular weight is 1670 g/mol. The number of imidazole rings is 1. The van der Waals surface area contributed by atoms with Gasteiger partial charge in [-0.3, -0.25) is 86.3 Å². The van der Waals surface area contributed by atoms with Crippen molar-refractivity contribution in [3.8, 4) is 5.75 Å². The third-order valence-corrected chi connectivity index (χ3v) is 19.3. The summed E-state index contributed by atoms with van der Waals surface area (Å²) in [7, 11) is 0. The van der Waals surface area contributed by atoms with Crippen molar-refractivity contribution in [1.82, 2.24) is 100 Å². The van der Waals surface area contributed by atoms with E-state index >= 15 is 0 Å². The lowest BCUT2D eigenvalue weighted by Gasteiger charge is -2.29. The molecule has 0 spiro atoms. The molecular weight excluding hydrogens is 1560 g/mol. The molecule has 23 N–H and O–H groups in total. The van der Waals surface area contributed by atoms with Gasteiger partial charge in [0.2, 0.25) is 100 Å². The lowest BCUT2D eigenvalue weighted by Crippen LogP contribution is -2.61. The number of H-pyrrole nitrogens is 2. The molecule has 7 rings (SSSR count). The van der Waals surface area contributed by atoms with Crippen LogP contribution in [0.1, 0.15) is 81.3 Å². The normalized spacial score (nSPS) is 18.4. The van der Waals surface area contributed by atoms with Crippen LogP contribution in [0.15, 0.2) is 128 Å². The molecule has 6 aromatic rings. The van der Waals surface area contributed by atoms with Gasteiger partial charge < -0.3 is 116 Å². The second-order valence-corrected chi connectivity index (χ2v) is 28.4. The Labute approximate surface area is 687 Å². The number of nitrogens with zero attached hydrogens (tertiary/aromatic N) is 1. The highest BCUT2D eigenvalue weighted by Crippen LogP contribution is 2.21. The van der Waals surface area contributed by atoms with Gasteiger partial charge in [-0.05, 0) is 52.3 Å². The minimum absolute atomic E-state index is 0.116. The van der Waals surface area contributed by atoms with E-state index in [1.54, 1.807) is 112 Å². The first-order valence-electron chi connectivity index (χ1n) is 38.4. The number of nitrogens with two attached hydrogens (primary N) is 1. The zero-order valence-corrected chi connectivity index (χ0v) is 66.1. The maximum absolute atomic E-state index is 15.0. The Morgan fingerprint density at radius 2 is 1.04 bits per heavy atom. The number of carboxylic acids is 1. The van der Waals surface area contributed by atoms with Crippen LogP contribution in [0.2, 0.25) is 0 Å². The Morgan fingerprint density at radius 1 is 0.508 bits per heavy atom. The molecule has 0 bridgehead atoms. The molecular formula is C79H100N20O21. The van der Waals surface area contributed by atoms with Crippen LogP contribution in [0.4, 0.5) is 0 Å². The van der Waals surface area contributed by atoms with Crippen molar-refractivity contribution >= 4 is 117 Å². The fraction of sp³-hybridized carbons (Fsp3) is 0.405. The van der Waals surface area contributed by atoms with E-state index in [2.05, 4.69) is 94.7 Å². The zero-order chi connectivity index (χ0) is 87.5. The summed E-state index contributed by atoms with van der Waals surface area (Å²) in [5.41, 5.74) is 8.42. The molecule has 120 heavy (non-hydrogen) atoms. The van der Waals surface area contributed by atoms with Crippen LogP contribution in [0, 0.1) is 11.8 Å². The molecule has 41 nitrogen and oxygen atoms in total. The number of para-hydroxylation sites is 1. The van der Waals surface area contributed by atoms with Gasteiger partial charge in [0.25, 0.3) is 0 Å². The molecule has 12 atom stereocenters. The van der Waals surface area contributed by atoms with E-state index < -0.39 is 237 Å². The number of rotatable bonds is 34. The number of aliphatic carboxylic acids is 1. The first-order chi connectivity index (χ1) is 57.3. The van der Waals surface area contributed by atoms with E-state index in [1.165, 1.54) is 43.7 Å². The number of phenolic OH excluding ortho intramolecular Hbond substituents is 1. The van der Waals surface area contributed by atoms with Gasteiger partial charge in [0, 0.05) is 61.1 Å². The highest BCUT2D eigenvalue weighted by atomic mass is 16.4. The Morgan fingerprint density at radius 3 is 1.64 bits per heavy atom. The number of phenols is 1. The molecule has 1 fully saturated rings. The summed E-state index contributed by atoms with van der Waals surface area (Å²) in [5.74, 6) is -20.7. The fourth-order valence-corrected chi connectivity index (χ4v) is 12.4. The van der Waals surface area contributed by atoms with Crippen LogP contribution in [0.3, 0.4) is 0 Å². The smallest absolute Gasteiger partial charge is 0.322 e. The maximum Gasteiger partial charge on any atom is 0.322 e. The summed E-state index contributed by atoms with van der Waals surface area (Å²) in [6.45, 7) is 0.553. The number of amides is 17. The number of hydrogen-bond donors (Lipinski definition) is 22. The van der Waals surface area contributed by atoms with Crippen LogP contribution in [-0.2, 0) is 118 Å². The number of benzene rings is 4. The van der Waals surface area contributed by atoms with Gasteiger partial charge in [-0.15, -0.1) is 0 Å². The van der Waals surface area contributed by atoms with Gasteiger partial charge in [0.15, 0.2) is 0 Å². The van der Waals surface area contributed by atoms with Crippen LogP contribution < -0.4 is 90.8 Å². The quantitative estimate of drug-likeness (QED) is 0.0179. The largest absolute Gasteiger partial charge is 0.508 e. The third kappa shape index (κ3) is 30.2. The van der Waals surface area contributed by atoms with Crippen LogP contribution in [-0.4, -0.2) is 243 Å². The molecule has 1 aliphatic heterocycles. The first-order valence-corrected chi connectivity index (χ1v) is 38.4. The van der Waals surface area contributed by atoms with Gasteiger partial charge >= 0.3 is 5.97 Å². The SMILES string of the molecule is CC[C@H](C)[C@@H]1NC(=O)[C@H](Cc2ccccc2)NC(=O)CNC(=O)C[C@@H](C(=O)N[C@H](C(=O)N[C@@H](Cc2ccccc2)C(=O)NCC(=O)N[C@@H](Cc2cnc[nH]2)C(=O)N[C@@H](Cc2ccc(O)cc2)C(=O)N[C@@H](CO)C(=O)NCC(=O)NCC(=O)O)[C@@H](C)CC)NC(=O)[C@H](CC(N)=O)NC(=O)CNC(=O)[C@H](Cc2c[nH]c3ccccc23)NC(=O)CNC1=O. The summed E-state index contributed by atoms with van der Waals surface area (Å²) in [5, 5.41) is 68.5. The summed E-state index contributed by atoms with van der Waals surface area (Å²) in [4.78, 5) is 259. The predicted molar refractivity (Wildman–Crippen MR) is 426 cm³/mol. The van der Waals surface area contributed by atoms with Crippen LogP contribution >= 0.6 is 0 Å². The molecule has 0 aliphatic carbocycles. The van der Waals surface area contributed by atoms with Gasteiger partial charge in [-0.25, -0.2) is 4.98 Å². The van der Waals surface area contributed by atoms with Crippen molar-refractivity contribution in [3.63, 3.8) is 0 Å². The Bertz CT molecular complexity index is 4630. The number of aliphatic hydroxyl groups excluding tert-OH is 1. The molecule has 1 aliphatic rings. The van der Waals surface area contributed by atoms with E-state index in [-0.39, 0.29) is 50.0 Å². The number of primary amides is 1. The zero-order valence-electron chi connectivity index (χ0n) is 66.1. The minimum Gasteiger partial charge on any atom is -0.508 e. The number of carboxylic acid groups (broad SMARTS) is 1. The molecule has 0 unspecified atom stereocenters. The van der Waals surface area contributed by atoms with E-state index in [9.17, 15) is 96.5 Å².